The lowest BCUT2D eigenvalue weighted by Crippen LogP contribution is -2.23. The first-order valence-corrected chi connectivity index (χ1v) is 12.5. The number of carbonyl (C=O) groups is 2. The van der Waals surface area contributed by atoms with Gasteiger partial charge in [0.05, 0.1) is 6.61 Å². The van der Waals surface area contributed by atoms with E-state index in [1.54, 1.807) is 0 Å². The number of esters is 1. The van der Waals surface area contributed by atoms with Crippen LogP contribution >= 0.6 is 0 Å². The molecular formula is C19H26O4Si. The fraction of sp³-hybridized carbons (Fsp3) is 0.579. The quantitative estimate of drug-likeness (QED) is 0.425. The van der Waals surface area contributed by atoms with Gasteiger partial charge in [0.15, 0.2) is 0 Å². The van der Waals surface area contributed by atoms with Gasteiger partial charge < -0.3 is 14.3 Å². The van der Waals surface area contributed by atoms with Crippen LogP contribution in [0.4, 0.5) is 0 Å². The van der Waals surface area contributed by atoms with E-state index >= 15 is 0 Å². The van der Waals surface area contributed by atoms with Crippen molar-refractivity contribution < 1.29 is 19.1 Å². The molecule has 24 heavy (non-hydrogen) atoms. The average molecular weight is 346 g/mol. The van der Waals surface area contributed by atoms with Crippen LogP contribution in [0.1, 0.15) is 51.4 Å². The molecule has 0 amide bonds. The number of hydrogen-bond acceptors (Lipinski definition) is 4. The monoisotopic (exact) mass is 346 g/mol. The first-order chi connectivity index (χ1) is 11.3. The molecule has 1 saturated carbocycles. The molecule has 4 nitrogen and oxygen atoms in total. The average Bonchev–Trinajstić information content (AvgIpc) is 3.24. The molecule has 1 fully saturated rings. The molecule has 0 bridgehead atoms. The molecule has 0 unspecified atom stereocenters. The maximum absolute atomic E-state index is 12.3. The van der Waals surface area contributed by atoms with Crippen molar-refractivity contribution in [1.29, 1.82) is 0 Å². The summed E-state index contributed by atoms with van der Waals surface area (Å²) < 4.78 is 11.4. The van der Waals surface area contributed by atoms with Gasteiger partial charge in [0.2, 0.25) is 0 Å². The van der Waals surface area contributed by atoms with E-state index in [-0.39, 0.29) is 5.97 Å². The van der Waals surface area contributed by atoms with Crippen LogP contribution in [0.25, 0.3) is 0 Å². The zero-order valence-corrected chi connectivity index (χ0v) is 16.0. The normalized spacial score (nSPS) is 16.8. The third-order valence-corrected chi connectivity index (χ3v) is 6.61. The Balaban J connectivity index is 2.06. The standard InChI is InChI=1S/C19H26O4Si/c1-12-15-11-23-19(21)17(15)18(22-9-10-24(2,3)4)14(7-8-20)16(12)13-5-6-13/h8,13H,5-7,9-11H2,1-4H3. The summed E-state index contributed by atoms with van der Waals surface area (Å²) in [6.07, 6.45) is 3.51. The molecule has 1 aromatic carbocycles. The first-order valence-electron chi connectivity index (χ1n) is 8.75. The van der Waals surface area contributed by atoms with Crippen LogP contribution in [0, 0.1) is 6.92 Å². The van der Waals surface area contributed by atoms with Crippen LogP contribution in [0.3, 0.4) is 0 Å². The van der Waals surface area contributed by atoms with Crippen LogP contribution < -0.4 is 4.74 Å². The van der Waals surface area contributed by atoms with Crippen LogP contribution in [0.2, 0.25) is 25.7 Å². The Labute approximate surface area is 144 Å². The molecule has 2 aliphatic rings. The lowest BCUT2D eigenvalue weighted by atomic mass is 9.88. The molecule has 3 rings (SSSR count). The van der Waals surface area contributed by atoms with Gasteiger partial charge in [-0.15, -0.1) is 0 Å². The summed E-state index contributed by atoms with van der Waals surface area (Å²) in [7, 11) is -1.23. The second-order valence-electron chi connectivity index (χ2n) is 8.08. The fourth-order valence-electron chi connectivity index (χ4n) is 3.42. The van der Waals surface area contributed by atoms with Gasteiger partial charge >= 0.3 is 5.97 Å². The highest BCUT2D eigenvalue weighted by Crippen LogP contribution is 2.49. The maximum atomic E-state index is 12.3. The number of hydrogen-bond donors (Lipinski definition) is 0. The minimum atomic E-state index is -1.23. The van der Waals surface area contributed by atoms with Crippen molar-refractivity contribution >= 4 is 20.3 Å². The van der Waals surface area contributed by atoms with Gasteiger partial charge in [-0.2, -0.15) is 0 Å². The third-order valence-electron chi connectivity index (χ3n) is 4.91. The van der Waals surface area contributed by atoms with Crippen LogP contribution in [0.5, 0.6) is 5.75 Å². The summed E-state index contributed by atoms with van der Waals surface area (Å²) in [5.41, 5.74) is 4.77. The Morgan fingerprint density at radius 3 is 2.58 bits per heavy atom. The molecule has 1 aromatic rings. The fourth-order valence-corrected chi connectivity index (χ4v) is 4.14. The van der Waals surface area contributed by atoms with Crippen LogP contribution in [-0.2, 0) is 22.6 Å². The van der Waals surface area contributed by atoms with E-state index in [1.165, 1.54) is 5.56 Å². The van der Waals surface area contributed by atoms with Crippen LogP contribution in [0.15, 0.2) is 0 Å². The van der Waals surface area contributed by atoms with E-state index in [9.17, 15) is 9.59 Å². The number of ether oxygens (including phenoxy) is 2. The Morgan fingerprint density at radius 1 is 1.29 bits per heavy atom. The molecule has 0 spiro atoms. The van der Waals surface area contributed by atoms with Crippen molar-refractivity contribution in [3.63, 3.8) is 0 Å². The number of aldehydes is 1. The second kappa shape index (κ2) is 6.35. The van der Waals surface area contributed by atoms with Crippen molar-refractivity contribution in [2.75, 3.05) is 6.61 Å². The Bertz CT molecular complexity index is 684. The number of benzene rings is 1. The molecule has 0 saturated heterocycles. The van der Waals surface area contributed by atoms with E-state index < -0.39 is 8.07 Å². The first kappa shape index (κ1) is 17.2. The topological polar surface area (TPSA) is 52.6 Å². The lowest BCUT2D eigenvalue weighted by molar-refractivity contribution is -0.107. The molecule has 0 radical (unpaired) electrons. The van der Waals surface area contributed by atoms with Crippen molar-refractivity contribution in [3.8, 4) is 5.75 Å². The molecule has 0 N–H and O–H groups in total. The van der Waals surface area contributed by atoms with E-state index in [4.69, 9.17) is 9.47 Å². The molecule has 130 valence electrons. The zero-order chi connectivity index (χ0) is 17.5. The molecule has 0 atom stereocenters. The summed E-state index contributed by atoms with van der Waals surface area (Å²) >= 11 is 0. The smallest absolute Gasteiger partial charge is 0.342 e. The number of cyclic esters (lactones) is 1. The Morgan fingerprint density at radius 2 is 2.00 bits per heavy atom. The predicted octanol–water partition coefficient (Wildman–Crippen LogP) is 4.00. The highest BCUT2D eigenvalue weighted by molar-refractivity contribution is 6.76. The van der Waals surface area contributed by atoms with E-state index in [1.807, 2.05) is 0 Å². The van der Waals surface area contributed by atoms with Gasteiger partial charge in [0.25, 0.3) is 0 Å². The highest BCUT2D eigenvalue weighted by atomic mass is 28.3. The van der Waals surface area contributed by atoms with Gasteiger partial charge in [-0.25, -0.2) is 4.79 Å². The van der Waals surface area contributed by atoms with Crippen molar-refractivity contribution in [1.82, 2.24) is 0 Å². The van der Waals surface area contributed by atoms with Crippen molar-refractivity contribution in [3.05, 3.63) is 27.8 Å². The lowest BCUT2D eigenvalue weighted by Gasteiger charge is -2.22. The summed E-state index contributed by atoms with van der Waals surface area (Å²) in [6, 6.07) is 1.02. The SMILES string of the molecule is Cc1c2c(c(OCC[Si](C)(C)C)c(CC=O)c1C1CC1)C(=O)OC2. The summed E-state index contributed by atoms with van der Waals surface area (Å²) in [6.45, 7) is 9.86. The minimum Gasteiger partial charge on any atom is -0.493 e. The Kier molecular flexibility index (Phi) is 4.56. The molecule has 1 aliphatic heterocycles. The zero-order valence-electron chi connectivity index (χ0n) is 15.0. The molecule has 1 aliphatic carbocycles. The molecule has 0 aromatic heterocycles. The maximum Gasteiger partial charge on any atom is 0.342 e. The molecule has 1 heterocycles. The highest BCUT2D eigenvalue weighted by Gasteiger charge is 2.37. The summed E-state index contributed by atoms with van der Waals surface area (Å²) in [4.78, 5) is 23.6. The van der Waals surface area contributed by atoms with Crippen LogP contribution in [-0.4, -0.2) is 26.9 Å². The number of fused-ring (bicyclic) bond motifs is 1. The van der Waals surface area contributed by atoms with Gasteiger partial charge in [-0.1, -0.05) is 19.6 Å². The van der Waals surface area contributed by atoms with Gasteiger partial charge in [-0.3, -0.25) is 0 Å². The van der Waals surface area contributed by atoms with Gasteiger partial charge in [0, 0.05) is 25.6 Å². The van der Waals surface area contributed by atoms with Crippen molar-refractivity contribution in [2.45, 2.75) is 64.4 Å². The van der Waals surface area contributed by atoms with E-state index in [0.717, 1.165) is 41.9 Å². The van der Waals surface area contributed by atoms with Crippen molar-refractivity contribution in [2.24, 2.45) is 0 Å². The summed E-state index contributed by atoms with van der Waals surface area (Å²) in [5, 5.41) is 0. The second-order valence-corrected chi connectivity index (χ2v) is 13.7. The van der Waals surface area contributed by atoms with Gasteiger partial charge in [0.1, 0.15) is 24.2 Å². The number of rotatable bonds is 7. The minimum absolute atomic E-state index is 0.301. The van der Waals surface area contributed by atoms with E-state index in [0.29, 0.717) is 36.9 Å². The number of carbonyl (C=O) groups excluding carboxylic acids is 2. The molecule has 5 heteroatoms. The molecular weight excluding hydrogens is 320 g/mol. The largest absolute Gasteiger partial charge is 0.493 e. The van der Waals surface area contributed by atoms with E-state index in [2.05, 4.69) is 26.6 Å². The predicted molar refractivity (Wildman–Crippen MR) is 95.7 cm³/mol. The summed E-state index contributed by atoms with van der Waals surface area (Å²) in [5.74, 6) is 0.802. The van der Waals surface area contributed by atoms with Gasteiger partial charge in [-0.05, 0) is 42.9 Å². The third kappa shape index (κ3) is 3.27. The Hall–Kier alpha value is -1.62.